The van der Waals surface area contributed by atoms with E-state index in [2.05, 4.69) is 5.32 Å². The molecule has 3 aromatic rings. The molecule has 0 fully saturated rings. The van der Waals surface area contributed by atoms with Crippen molar-refractivity contribution < 1.29 is 13.2 Å². The first kappa shape index (κ1) is 21.4. The third-order valence-corrected chi connectivity index (χ3v) is 6.03. The van der Waals surface area contributed by atoms with Gasteiger partial charge in [0.15, 0.2) is 0 Å². The summed E-state index contributed by atoms with van der Waals surface area (Å²) in [7, 11) is 1.83. The normalized spacial score (nSPS) is 11.1. The molecule has 0 unspecified atom stereocenters. The average Bonchev–Trinajstić information content (AvgIpc) is 2.73. The van der Waals surface area contributed by atoms with E-state index in [4.69, 9.17) is 0 Å². The second kappa shape index (κ2) is 8.59. The first-order chi connectivity index (χ1) is 14.2. The second-order valence-electron chi connectivity index (χ2n) is 7.22. The molecule has 0 aromatic heterocycles. The molecule has 3 rings (SSSR count). The first-order valence-corrected chi connectivity index (χ1v) is 11.2. The predicted molar refractivity (Wildman–Crippen MR) is 124 cm³/mol. The largest absolute Gasteiger partial charge is 0.378 e. The molecule has 0 aliphatic carbocycles. The Morgan fingerprint density at radius 1 is 0.833 bits per heavy atom. The number of carbonyl (C=O) groups is 1. The molecule has 0 bridgehead atoms. The highest BCUT2D eigenvalue weighted by atomic mass is 32.2. The highest BCUT2D eigenvalue weighted by Gasteiger charge is 2.18. The van der Waals surface area contributed by atoms with E-state index >= 15 is 0 Å². The van der Waals surface area contributed by atoms with Gasteiger partial charge in [-0.25, -0.2) is 8.42 Å². The smallest absolute Gasteiger partial charge is 0.255 e. The fourth-order valence-corrected chi connectivity index (χ4v) is 3.52. The maximum atomic E-state index is 12.9. The number of amides is 1. The SMILES string of the molecule is CN(C)c1ccc(C(=O)Nc2cc(-c3ccccc3)ccc2N(C)S(C)(=O)=O)cc1. The summed E-state index contributed by atoms with van der Waals surface area (Å²) in [5.41, 5.74) is 4.13. The Labute approximate surface area is 177 Å². The molecule has 0 aliphatic rings. The Morgan fingerprint density at radius 2 is 1.47 bits per heavy atom. The lowest BCUT2D eigenvalue weighted by Gasteiger charge is -2.21. The van der Waals surface area contributed by atoms with Crippen molar-refractivity contribution in [2.45, 2.75) is 0 Å². The van der Waals surface area contributed by atoms with Crippen LogP contribution in [0.1, 0.15) is 10.4 Å². The Balaban J connectivity index is 2.00. The van der Waals surface area contributed by atoms with Gasteiger partial charge in [-0.05, 0) is 47.5 Å². The molecule has 0 saturated carbocycles. The number of rotatable bonds is 6. The van der Waals surface area contributed by atoms with Gasteiger partial charge in [0.05, 0.1) is 17.6 Å². The highest BCUT2D eigenvalue weighted by molar-refractivity contribution is 7.92. The van der Waals surface area contributed by atoms with Crippen LogP contribution in [0.2, 0.25) is 0 Å². The molecular formula is C23H25N3O3S. The van der Waals surface area contributed by atoms with Crippen molar-refractivity contribution in [3.05, 3.63) is 78.4 Å². The predicted octanol–water partition coefficient (Wildman–Crippen LogP) is 4.07. The van der Waals surface area contributed by atoms with E-state index in [0.717, 1.165) is 27.4 Å². The molecule has 0 saturated heterocycles. The lowest BCUT2D eigenvalue weighted by Crippen LogP contribution is -2.26. The zero-order valence-corrected chi connectivity index (χ0v) is 18.3. The van der Waals surface area contributed by atoms with Crippen molar-refractivity contribution in [2.75, 3.05) is 41.9 Å². The lowest BCUT2D eigenvalue weighted by atomic mass is 10.0. The van der Waals surface area contributed by atoms with Gasteiger partial charge < -0.3 is 10.2 Å². The molecule has 156 valence electrons. The van der Waals surface area contributed by atoms with E-state index in [1.807, 2.05) is 67.5 Å². The van der Waals surface area contributed by atoms with Crippen LogP contribution in [0.25, 0.3) is 11.1 Å². The second-order valence-corrected chi connectivity index (χ2v) is 9.24. The fourth-order valence-electron chi connectivity index (χ4n) is 3.00. The van der Waals surface area contributed by atoms with E-state index in [1.54, 1.807) is 24.3 Å². The van der Waals surface area contributed by atoms with Gasteiger partial charge in [-0.1, -0.05) is 36.4 Å². The number of nitrogens with one attached hydrogen (secondary N) is 1. The monoisotopic (exact) mass is 423 g/mol. The van der Waals surface area contributed by atoms with Crippen LogP contribution >= 0.6 is 0 Å². The zero-order valence-electron chi connectivity index (χ0n) is 17.5. The lowest BCUT2D eigenvalue weighted by molar-refractivity contribution is 0.102. The Morgan fingerprint density at radius 3 is 2.03 bits per heavy atom. The summed E-state index contributed by atoms with van der Waals surface area (Å²) >= 11 is 0. The quantitative estimate of drug-likeness (QED) is 0.649. The Hall–Kier alpha value is -3.32. The van der Waals surface area contributed by atoms with E-state index in [9.17, 15) is 13.2 Å². The van der Waals surface area contributed by atoms with Crippen LogP contribution in [0.4, 0.5) is 17.1 Å². The third kappa shape index (κ3) is 4.80. The van der Waals surface area contributed by atoms with Crippen molar-refractivity contribution in [1.29, 1.82) is 0 Å². The van der Waals surface area contributed by atoms with Crippen molar-refractivity contribution in [1.82, 2.24) is 0 Å². The number of sulfonamides is 1. The van der Waals surface area contributed by atoms with Crippen LogP contribution < -0.4 is 14.5 Å². The topological polar surface area (TPSA) is 69.7 Å². The number of carbonyl (C=O) groups excluding carboxylic acids is 1. The molecule has 0 heterocycles. The van der Waals surface area contributed by atoms with Gasteiger partial charge >= 0.3 is 0 Å². The molecule has 1 amide bonds. The minimum Gasteiger partial charge on any atom is -0.378 e. The summed E-state index contributed by atoms with van der Waals surface area (Å²) < 4.78 is 25.4. The van der Waals surface area contributed by atoms with E-state index in [0.29, 0.717) is 16.9 Å². The molecule has 0 spiro atoms. The Bertz CT molecular complexity index is 1140. The fraction of sp³-hybridized carbons (Fsp3) is 0.174. The summed E-state index contributed by atoms with van der Waals surface area (Å²) in [5, 5.41) is 2.88. The number of hydrogen-bond donors (Lipinski definition) is 1. The molecule has 0 radical (unpaired) electrons. The molecule has 30 heavy (non-hydrogen) atoms. The minimum absolute atomic E-state index is 0.311. The van der Waals surface area contributed by atoms with E-state index in [1.165, 1.54) is 7.05 Å². The van der Waals surface area contributed by atoms with Crippen LogP contribution in [-0.2, 0) is 10.0 Å². The van der Waals surface area contributed by atoms with Crippen molar-refractivity contribution in [3.63, 3.8) is 0 Å². The van der Waals surface area contributed by atoms with Crippen LogP contribution in [-0.4, -0.2) is 41.7 Å². The standard InChI is InChI=1S/C23H25N3O3S/c1-25(2)20-13-10-18(11-14-20)23(27)24-21-16-19(17-8-6-5-7-9-17)12-15-22(21)26(3)30(4,28)29/h5-16H,1-4H3,(H,24,27). The maximum Gasteiger partial charge on any atom is 0.255 e. The number of nitrogens with zero attached hydrogens (tertiary/aromatic N) is 2. The third-order valence-electron chi connectivity index (χ3n) is 4.83. The van der Waals surface area contributed by atoms with Crippen LogP contribution in [0.3, 0.4) is 0 Å². The molecular weight excluding hydrogens is 398 g/mol. The minimum atomic E-state index is -3.49. The molecule has 6 nitrogen and oxygen atoms in total. The van der Waals surface area contributed by atoms with Gasteiger partial charge in [-0.3, -0.25) is 9.10 Å². The summed E-state index contributed by atoms with van der Waals surface area (Å²) in [6.45, 7) is 0. The van der Waals surface area contributed by atoms with Crippen molar-refractivity contribution >= 4 is 33.0 Å². The van der Waals surface area contributed by atoms with E-state index in [-0.39, 0.29) is 5.91 Å². The van der Waals surface area contributed by atoms with Crippen LogP contribution in [0, 0.1) is 0 Å². The van der Waals surface area contributed by atoms with Gasteiger partial charge in [0.1, 0.15) is 0 Å². The molecule has 0 aliphatic heterocycles. The van der Waals surface area contributed by atoms with Gasteiger partial charge in [0.2, 0.25) is 10.0 Å². The van der Waals surface area contributed by atoms with Gasteiger partial charge in [-0.15, -0.1) is 0 Å². The van der Waals surface area contributed by atoms with Crippen molar-refractivity contribution in [2.24, 2.45) is 0 Å². The summed E-state index contributed by atoms with van der Waals surface area (Å²) in [5.74, 6) is -0.311. The average molecular weight is 424 g/mol. The summed E-state index contributed by atoms with van der Waals surface area (Å²) in [4.78, 5) is 14.8. The number of anilines is 3. The van der Waals surface area contributed by atoms with Crippen molar-refractivity contribution in [3.8, 4) is 11.1 Å². The van der Waals surface area contributed by atoms with Crippen LogP contribution in [0.5, 0.6) is 0 Å². The molecule has 1 N–H and O–H groups in total. The Kier molecular flexibility index (Phi) is 6.12. The first-order valence-electron chi connectivity index (χ1n) is 9.39. The summed E-state index contributed by atoms with van der Waals surface area (Å²) in [6.07, 6.45) is 1.13. The van der Waals surface area contributed by atoms with Gasteiger partial charge in [-0.2, -0.15) is 0 Å². The summed E-state index contributed by atoms with van der Waals surface area (Å²) in [6, 6.07) is 22.2. The molecule has 7 heteroatoms. The highest BCUT2D eigenvalue weighted by Crippen LogP contribution is 2.32. The zero-order chi connectivity index (χ0) is 21.9. The maximum absolute atomic E-state index is 12.9. The number of benzene rings is 3. The molecule has 3 aromatic carbocycles. The van der Waals surface area contributed by atoms with Gasteiger partial charge in [0, 0.05) is 32.4 Å². The van der Waals surface area contributed by atoms with E-state index < -0.39 is 10.0 Å². The molecule has 0 atom stereocenters. The van der Waals surface area contributed by atoms with Gasteiger partial charge in [0.25, 0.3) is 5.91 Å². The van der Waals surface area contributed by atoms with Crippen LogP contribution in [0.15, 0.2) is 72.8 Å². The number of hydrogen-bond acceptors (Lipinski definition) is 4.